The van der Waals surface area contributed by atoms with Crippen molar-refractivity contribution >= 4 is 0 Å². The molecule has 0 aliphatic heterocycles. The highest BCUT2D eigenvalue weighted by molar-refractivity contribution is 5.25. The molecule has 0 N–H and O–H groups in total. The van der Waals surface area contributed by atoms with Crippen molar-refractivity contribution in [1.82, 2.24) is 0 Å². The summed E-state index contributed by atoms with van der Waals surface area (Å²) in [7, 11) is 0. The zero-order chi connectivity index (χ0) is 11.3. The molecule has 0 aromatic carbocycles. The van der Waals surface area contributed by atoms with Crippen LogP contribution in [0.4, 0.5) is 0 Å². The predicted octanol–water partition coefficient (Wildman–Crippen LogP) is 4.58. The first-order chi connectivity index (χ1) is 6.94. The third-order valence-corrected chi connectivity index (χ3v) is 5.58. The van der Waals surface area contributed by atoms with Crippen molar-refractivity contribution < 1.29 is 0 Å². The third kappa shape index (κ3) is 1.33. The van der Waals surface area contributed by atoms with Gasteiger partial charge in [0.15, 0.2) is 0 Å². The van der Waals surface area contributed by atoms with Gasteiger partial charge in [0.25, 0.3) is 0 Å². The van der Waals surface area contributed by atoms with E-state index < -0.39 is 0 Å². The van der Waals surface area contributed by atoms with E-state index in [0.717, 1.165) is 5.92 Å². The summed E-state index contributed by atoms with van der Waals surface area (Å²) in [5.74, 6) is 1.50. The molecule has 2 bridgehead atoms. The Bertz CT molecular complexity index is 301. The molecule has 2 aliphatic rings. The lowest BCUT2D eigenvalue weighted by atomic mass is 9.49. The third-order valence-electron chi connectivity index (χ3n) is 5.58. The number of hydrogen-bond donors (Lipinski definition) is 0. The van der Waals surface area contributed by atoms with Gasteiger partial charge in [0.1, 0.15) is 0 Å². The molecule has 1 unspecified atom stereocenters. The number of allylic oxidation sites excluding steroid dienone is 2. The Kier molecular flexibility index (Phi) is 2.37. The maximum absolute atomic E-state index is 4.42. The first-order valence-electron chi connectivity index (χ1n) is 6.27. The van der Waals surface area contributed by atoms with Crippen LogP contribution in [-0.4, -0.2) is 0 Å². The largest absolute Gasteiger partial charge is 0.103 e. The van der Waals surface area contributed by atoms with E-state index in [1.807, 2.05) is 0 Å². The fourth-order valence-electron chi connectivity index (χ4n) is 3.71. The van der Waals surface area contributed by atoms with Gasteiger partial charge in [0.2, 0.25) is 0 Å². The van der Waals surface area contributed by atoms with Crippen molar-refractivity contribution in [1.29, 1.82) is 0 Å². The summed E-state index contributed by atoms with van der Waals surface area (Å²) < 4.78 is 0. The summed E-state index contributed by atoms with van der Waals surface area (Å²) in [6, 6.07) is 0. The van der Waals surface area contributed by atoms with Crippen LogP contribution in [0.25, 0.3) is 0 Å². The van der Waals surface area contributed by atoms with Gasteiger partial charge in [-0.1, -0.05) is 39.0 Å². The van der Waals surface area contributed by atoms with Crippen LogP contribution in [0.5, 0.6) is 0 Å². The summed E-state index contributed by atoms with van der Waals surface area (Å²) in [4.78, 5) is 0. The molecule has 84 valence electrons. The van der Waals surface area contributed by atoms with Gasteiger partial charge in [-0.15, -0.1) is 6.58 Å². The van der Waals surface area contributed by atoms with Crippen LogP contribution in [0.3, 0.4) is 0 Å². The van der Waals surface area contributed by atoms with Gasteiger partial charge in [-0.05, 0) is 48.3 Å². The van der Waals surface area contributed by atoms with E-state index >= 15 is 0 Å². The van der Waals surface area contributed by atoms with E-state index in [1.165, 1.54) is 31.3 Å². The van der Waals surface area contributed by atoms with Crippen molar-refractivity contribution in [2.45, 2.75) is 46.5 Å². The molecule has 0 nitrogen and oxygen atoms in total. The number of hydrogen-bond acceptors (Lipinski definition) is 0. The molecular weight excluding hydrogens is 180 g/mol. The second-order valence-corrected chi connectivity index (χ2v) is 6.18. The average molecular weight is 204 g/mol. The minimum atomic E-state index is 0.316. The lowest BCUT2D eigenvalue weighted by Crippen LogP contribution is -2.46. The van der Waals surface area contributed by atoms with Crippen LogP contribution in [0.1, 0.15) is 46.5 Å². The van der Waals surface area contributed by atoms with Gasteiger partial charge in [-0.2, -0.15) is 0 Å². The summed E-state index contributed by atoms with van der Waals surface area (Å²) >= 11 is 0. The fourth-order valence-corrected chi connectivity index (χ4v) is 3.71. The van der Waals surface area contributed by atoms with Crippen LogP contribution in [0, 0.1) is 22.7 Å². The minimum Gasteiger partial charge on any atom is -0.103 e. The SMILES string of the molecule is C=C[C@]1(C)CC[C@]2(C)C(=C)[C@H]1CCC2C. The standard InChI is InChI=1S/C15H24/c1-6-14(4)9-10-15(5)11(2)7-8-13(14)12(15)3/h6,11,13H,1,3,7-10H2,2,4-5H3/t11?,13-,14-,15+/m1/s1. The molecule has 0 heterocycles. The van der Waals surface area contributed by atoms with Crippen LogP contribution < -0.4 is 0 Å². The Hall–Kier alpha value is -0.520. The molecule has 2 aliphatic carbocycles. The molecule has 0 amide bonds. The summed E-state index contributed by atoms with van der Waals surface area (Å²) in [6.45, 7) is 15.6. The normalized spacial score (nSPS) is 50.2. The van der Waals surface area contributed by atoms with Crippen LogP contribution in [-0.2, 0) is 0 Å². The van der Waals surface area contributed by atoms with Crippen molar-refractivity contribution in [2.24, 2.45) is 22.7 Å². The average Bonchev–Trinajstić information content (AvgIpc) is 2.22. The lowest BCUT2D eigenvalue weighted by Gasteiger charge is -2.56. The molecule has 0 saturated heterocycles. The molecule has 0 radical (unpaired) electrons. The number of rotatable bonds is 1. The Labute approximate surface area is 94.5 Å². The maximum Gasteiger partial charge on any atom is -0.00834 e. The molecule has 4 atom stereocenters. The second kappa shape index (κ2) is 3.23. The van der Waals surface area contributed by atoms with E-state index in [0.29, 0.717) is 16.7 Å². The van der Waals surface area contributed by atoms with Gasteiger partial charge in [0.05, 0.1) is 0 Å². The molecule has 0 aromatic rings. The van der Waals surface area contributed by atoms with E-state index in [-0.39, 0.29) is 0 Å². The van der Waals surface area contributed by atoms with Crippen molar-refractivity contribution in [3.05, 3.63) is 24.8 Å². The Balaban J connectivity index is 2.37. The summed E-state index contributed by atoms with van der Waals surface area (Å²) in [5.41, 5.74) is 2.23. The molecule has 2 saturated carbocycles. The van der Waals surface area contributed by atoms with Crippen LogP contribution >= 0.6 is 0 Å². The van der Waals surface area contributed by atoms with Crippen LogP contribution in [0.15, 0.2) is 24.8 Å². The zero-order valence-electron chi connectivity index (χ0n) is 10.5. The summed E-state index contributed by atoms with van der Waals surface area (Å²) in [5, 5.41) is 0. The van der Waals surface area contributed by atoms with Gasteiger partial charge < -0.3 is 0 Å². The zero-order valence-corrected chi connectivity index (χ0v) is 10.5. The Morgan fingerprint density at radius 3 is 2.53 bits per heavy atom. The molecule has 15 heavy (non-hydrogen) atoms. The van der Waals surface area contributed by atoms with E-state index in [2.05, 4.69) is 40.0 Å². The Morgan fingerprint density at radius 2 is 1.93 bits per heavy atom. The monoisotopic (exact) mass is 204 g/mol. The van der Waals surface area contributed by atoms with Crippen molar-refractivity contribution in [2.75, 3.05) is 0 Å². The highest BCUT2D eigenvalue weighted by Gasteiger charge is 2.50. The highest BCUT2D eigenvalue weighted by atomic mass is 14.5. The van der Waals surface area contributed by atoms with Gasteiger partial charge in [-0.25, -0.2) is 0 Å². The van der Waals surface area contributed by atoms with Crippen molar-refractivity contribution in [3.8, 4) is 0 Å². The number of fused-ring (bicyclic) bond motifs is 2. The van der Waals surface area contributed by atoms with Gasteiger partial charge >= 0.3 is 0 Å². The highest BCUT2D eigenvalue weighted by Crippen LogP contribution is 2.60. The quantitative estimate of drug-likeness (QED) is 0.548. The van der Waals surface area contributed by atoms with E-state index in [4.69, 9.17) is 0 Å². The van der Waals surface area contributed by atoms with Crippen molar-refractivity contribution in [3.63, 3.8) is 0 Å². The summed E-state index contributed by atoms with van der Waals surface area (Å²) in [6.07, 6.45) is 7.45. The molecule has 2 fully saturated rings. The molecule has 0 aromatic heterocycles. The Morgan fingerprint density at radius 1 is 1.27 bits per heavy atom. The van der Waals surface area contributed by atoms with Crippen LogP contribution in [0.2, 0.25) is 0 Å². The van der Waals surface area contributed by atoms with Gasteiger partial charge in [-0.3, -0.25) is 0 Å². The fraction of sp³-hybridized carbons (Fsp3) is 0.733. The smallest absolute Gasteiger partial charge is 0.00834 e. The first-order valence-corrected chi connectivity index (χ1v) is 6.27. The van der Waals surface area contributed by atoms with Gasteiger partial charge in [0, 0.05) is 0 Å². The predicted molar refractivity (Wildman–Crippen MR) is 66.7 cm³/mol. The van der Waals surface area contributed by atoms with E-state index in [1.54, 1.807) is 0 Å². The van der Waals surface area contributed by atoms with E-state index in [9.17, 15) is 0 Å². The topological polar surface area (TPSA) is 0 Å². The first kappa shape index (κ1) is 11.0. The molecule has 0 spiro atoms. The maximum atomic E-state index is 4.42. The molecule has 2 rings (SSSR count). The lowest BCUT2D eigenvalue weighted by molar-refractivity contribution is 0.0466. The minimum absolute atomic E-state index is 0.316. The second-order valence-electron chi connectivity index (χ2n) is 6.18. The molecular formula is C15H24. The molecule has 0 heteroatoms.